The monoisotopic (exact) mass is 294 g/mol. The average molecular weight is 294 g/mol. The van der Waals surface area contributed by atoms with Crippen LogP contribution >= 0.6 is 0 Å². The van der Waals surface area contributed by atoms with Gasteiger partial charge in [-0.3, -0.25) is 0 Å². The third kappa shape index (κ3) is 5.83. The summed E-state index contributed by atoms with van der Waals surface area (Å²) in [4.78, 5) is 22.9. The molecule has 0 aliphatic carbocycles. The number of amides is 2. The van der Waals surface area contributed by atoms with Gasteiger partial charge in [0, 0.05) is 19.8 Å². The first-order valence-electron chi connectivity index (χ1n) is 7.01. The minimum absolute atomic E-state index is 0.0800. The number of aromatic carboxylic acids is 1. The average Bonchev–Trinajstić information content (AvgIpc) is 2.44. The van der Waals surface area contributed by atoms with E-state index in [-0.39, 0.29) is 5.56 Å². The van der Waals surface area contributed by atoms with Gasteiger partial charge in [0.2, 0.25) is 0 Å². The van der Waals surface area contributed by atoms with Gasteiger partial charge in [0.25, 0.3) is 0 Å². The summed E-state index contributed by atoms with van der Waals surface area (Å²) in [7, 11) is 0. The minimum atomic E-state index is -1.07. The lowest BCUT2D eigenvalue weighted by Crippen LogP contribution is -2.31. The minimum Gasteiger partial charge on any atom is -0.478 e. The molecule has 0 aliphatic rings. The highest BCUT2D eigenvalue weighted by atomic mass is 16.5. The Morgan fingerprint density at radius 2 is 2.05 bits per heavy atom. The molecule has 0 saturated heterocycles. The van der Waals surface area contributed by atoms with Crippen molar-refractivity contribution < 1.29 is 19.4 Å². The van der Waals surface area contributed by atoms with Crippen molar-refractivity contribution >= 4 is 17.7 Å². The fraction of sp³-hybridized carbons (Fsp3) is 0.467. The molecule has 116 valence electrons. The number of anilines is 1. The topological polar surface area (TPSA) is 87.7 Å². The fourth-order valence-corrected chi connectivity index (χ4v) is 1.79. The molecule has 0 aliphatic heterocycles. The van der Waals surface area contributed by atoms with Crippen LogP contribution in [-0.4, -0.2) is 36.9 Å². The van der Waals surface area contributed by atoms with Crippen molar-refractivity contribution in [1.82, 2.24) is 5.32 Å². The van der Waals surface area contributed by atoms with Crippen molar-refractivity contribution in [2.24, 2.45) is 0 Å². The smallest absolute Gasteiger partial charge is 0.337 e. The summed E-state index contributed by atoms with van der Waals surface area (Å²) in [6.07, 6.45) is 1.69. The second kappa shape index (κ2) is 8.97. The second-order valence-corrected chi connectivity index (χ2v) is 4.65. The first kappa shape index (κ1) is 17.0. The molecule has 1 rings (SSSR count). The lowest BCUT2D eigenvalue weighted by molar-refractivity contribution is 0.0698. The molecule has 1 aromatic rings. The maximum absolute atomic E-state index is 11.8. The number of ether oxygens (including phenoxy) is 1. The molecule has 6 nitrogen and oxygen atoms in total. The van der Waals surface area contributed by atoms with E-state index in [1.807, 2.05) is 6.92 Å². The Hall–Kier alpha value is -2.08. The molecule has 6 heteroatoms. The van der Waals surface area contributed by atoms with Gasteiger partial charge in [-0.2, -0.15) is 0 Å². The van der Waals surface area contributed by atoms with Crippen molar-refractivity contribution in [2.75, 3.05) is 25.1 Å². The normalized spacial score (nSPS) is 10.2. The van der Waals surface area contributed by atoms with E-state index in [0.717, 1.165) is 13.0 Å². The fourth-order valence-electron chi connectivity index (χ4n) is 1.79. The third-order valence-corrected chi connectivity index (χ3v) is 2.84. The largest absolute Gasteiger partial charge is 0.478 e. The predicted molar refractivity (Wildman–Crippen MR) is 80.9 cm³/mol. The highest BCUT2D eigenvalue weighted by molar-refractivity contribution is 6.00. The number of para-hydroxylation sites is 1. The second-order valence-electron chi connectivity index (χ2n) is 4.65. The number of nitrogens with one attached hydrogen (secondary N) is 2. The quantitative estimate of drug-likeness (QED) is 0.643. The van der Waals surface area contributed by atoms with E-state index in [1.54, 1.807) is 19.1 Å². The van der Waals surface area contributed by atoms with E-state index in [2.05, 4.69) is 10.6 Å². The first-order valence-corrected chi connectivity index (χ1v) is 7.01. The van der Waals surface area contributed by atoms with Gasteiger partial charge in [0.15, 0.2) is 0 Å². The number of carboxylic acid groups (broad SMARTS) is 1. The van der Waals surface area contributed by atoms with Crippen LogP contribution in [0.2, 0.25) is 0 Å². The van der Waals surface area contributed by atoms with Crippen LogP contribution < -0.4 is 10.6 Å². The Kier molecular flexibility index (Phi) is 7.25. The zero-order valence-electron chi connectivity index (χ0n) is 12.4. The van der Waals surface area contributed by atoms with Gasteiger partial charge in [-0.25, -0.2) is 9.59 Å². The Labute approximate surface area is 124 Å². The van der Waals surface area contributed by atoms with Gasteiger partial charge in [0.1, 0.15) is 0 Å². The summed E-state index contributed by atoms with van der Waals surface area (Å²) in [6, 6.07) is 4.44. The van der Waals surface area contributed by atoms with Crippen LogP contribution in [0.1, 0.15) is 35.7 Å². The van der Waals surface area contributed by atoms with E-state index in [4.69, 9.17) is 9.84 Å². The maximum atomic E-state index is 11.8. The molecule has 21 heavy (non-hydrogen) atoms. The van der Waals surface area contributed by atoms with E-state index >= 15 is 0 Å². The maximum Gasteiger partial charge on any atom is 0.337 e. The number of benzene rings is 1. The van der Waals surface area contributed by atoms with Gasteiger partial charge in [-0.1, -0.05) is 19.1 Å². The van der Waals surface area contributed by atoms with Gasteiger partial charge < -0.3 is 20.5 Å². The summed E-state index contributed by atoms with van der Waals surface area (Å²) >= 11 is 0. The van der Waals surface area contributed by atoms with Crippen molar-refractivity contribution in [2.45, 2.75) is 26.7 Å². The molecule has 3 N–H and O–H groups in total. The number of aryl methyl sites for hydroxylation is 1. The SMILES string of the molecule is CCCOCCCNC(=O)Nc1c(C)cccc1C(=O)O. The highest BCUT2D eigenvalue weighted by Crippen LogP contribution is 2.20. The van der Waals surface area contributed by atoms with Crippen molar-refractivity contribution in [1.29, 1.82) is 0 Å². The molecule has 0 bridgehead atoms. The number of rotatable bonds is 8. The number of hydrogen-bond acceptors (Lipinski definition) is 3. The molecular formula is C15H22N2O4. The van der Waals surface area contributed by atoms with Crippen LogP contribution in [0.25, 0.3) is 0 Å². The molecule has 2 amide bonds. The summed E-state index contributed by atoms with van der Waals surface area (Å²) in [5.41, 5.74) is 1.11. The van der Waals surface area contributed by atoms with Gasteiger partial charge in [-0.05, 0) is 31.4 Å². The summed E-state index contributed by atoms with van der Waals surface area (Å²) in [5, 5.41) is 14.4. The third-order valence-electron chi connectivity index (χ3n) is 2.84. The number of urea groups is 1. The number of hydrogen-bond donors (Lipinski definition) is 3. The number of carbonyl (C=O) groups excluding carboxylic acids is 1. The number of carboxylic acids is 1. The molecule has 1 aromatic carbocycles. The van der Waals surface area contributed by atoms with Crippen LogP contribution in [0, 0.1) is 6.92 Å². The Bertz CT molecular complexity index is 489. The molecule has 0 atom stereocenters. The van der Waals surface area contributed by atoms with E-state index < -0.39 is 12.0 Å². The lowest BCUT2D eigenvalue weighted by atomic mass is 10.1. The van der Waals surface area contributed by atoms with Crippen LogP contribution in [0.15, 0.2) is 18.2 Å². The molecule has 0 aromatic heterocycles. The number of carbonyl (C=O) groups is 2. The zero-order valence-corrected chi connectivity index (χ0v) is 12.4. The summed E-state index contributed by atoms with van der Waals surface area (Å²) in [6.45, 7) is 5.58. The van der Waals surface area contributed by atoms with E-state index in [0.29, 0.717) is 30.8 Å². The van der Waals surface area contributed by atoms with Crippen molar-refractivity contribution in [3.05, 3.63) is 29.3 Å². The molecule has 0 radical (unpaired) electrons. The summed E-state index contributed by atoms with van der Waals surface area (Å²) in [5.74, 6) is -1.07. The van der Waals surface area contributed by atoms with Crippen LogP contribution in [0.3, 0.4) is 0 Å². The Morgan fingerprint density at radius 1 is 1.29 bits per heavy atom. The molecule has 0 unspecified atom stereocenters. The molecular weight excluding hydrogens is 272 g/mol. The van der Waals surface area contributed by atoms with E-state index in [9.17, 15) is 9.59 Å². The Balaban J connectivity index is 2.46. The van der Waals surface area contributed by atoms with Crippen molar-refractivity contribution in [3.8, 4) is 0 Å². The van der Waals surface area contributed by atoms with Crippen LogP contribution in [0.5, 0.6) is 0 Å². The van der Waals surface area contributed by atoms with Gasteiger partial charge >= 0.3 is 12.0 Å². The highest BCUT2D eigenvalue weighted by Gasteiger charge is 2.13. The van der Waals surface area contributed by atoms with E-state index in [1.165, 1.54) is 6.07 Å². The summed E-state index contributed by atoms with van der Waals surface area (Å²) < 4.78 is 5.30. The predicted octanol–water partition coefficient (Wildman–Crippen LogP) is 2.63. The van der Waals surface area contributed by atoms with Crippen molar-refractivity contribution in [3.63, 3.8) is 0 Å². The van der Waals surface area contributed by atoms with Gasteiger partial charge in [0.05, 0.1) is 11.3 Å². The Morgan fingerprint density at radius 3 is 2.71 bits per heavy atom. The lowest BCUT2D eigenvalue weighted by Gasteiger charge is -2.12. The molecule has 0 saturated carbocycles. The van der Waals surface area contributed by atoms with Gasteiger partial charge in [-0.15, -0.1) is 0 Å². The zero-order chi connectivity index (χ0) is 15.7. The molecule has 0 heterocycles. The van der Waals surface area contributed by atoms with Crippen LogP contribution in [0.4, 0.5) is 10.5 Å². The molecule has 0 fully saturated rings. The molecule has 0 spiro atoms. The first-order chi connectivity index (χ1) is 10.1. The standard InChI is InChI=1S/C15H22N2O4/c1-3-9-21-10-5-8-16-15(20)17-13-11(2)6-4-7-12(13)14(18)19/h4,6-7H,3,5,8-10H2,1-2H3,(H,18,19)(H2,16,17,20). The van der Waals surface area contributed by atoms with Crippen LogP contribution in [-0.2, 0) is 4.74 Å².